The van der Waals surface area contributed by atoms with Crippen molar-refractivity contribution in [1.82, 2.24) is 0 Å². The van der Waals surface area contributed by atoms with Gasteiger partial charge in [0.15, 0.2) is 0 Å². The van der Waals surface area contributed by atoms with Gasteiger partial charge in [-0.3, -0.25) is 0 Å². The van der Waals surface area contributed by atoms with E-state index < -0.39 is 11.7 Å². The van der Waals surface area contributed by atoms with Crippen molar-refractivity contribution < 1.29 is 13.2 Å². The summed E-state index contributed by atoms with van der Waals surface area (Å²) in [5.74, 6) is 2.70. The minimum Gasteiger partial charge on any atom is -0.193 e. The molecule has 4 heteroatoms. The van der Waals surface area contributed by atoms with E-state index in [1.165, 1.54) is 69.6 Å². The molecule has 3 rings (SSSR count). The number of alkyl halides is 3. The van der Waals surface area contributed by atoms with Crippen LogP contribution in [0.4, 0.5) is 13.2 Å². The Morgan fingerprint density at radius 3 is 1.93 bits per heavy atom. The second kappa shape index (κ2) is 10.8. The van der Waals surface area contributed by atoms with Gasteiger partial charge in [0.25, 0.3) is 0 Å². The molecule has 0 atom stereocenters. The third-order valence-corrected chi connectivity index (χ3v) is 7.10. The second-order valence-electron chi connectivity index (χ2n) is 9.07. The van der Waals surface area contributed by atoms with E-state index in [0.29, 0.717) is 11.8 Å². The van der Waals surface area contributed by atoms with Crippen LogP contribution in [0.25, 0.3) is 0 Å². The number of nitrogens with zero attached hydrogens (tertiary/aromatic N) is 1. The Labute approximate surface area is 178 Å². The Morgan fingerprint density at radius 1 is 0.833 bits per heavy atom. The summed E-state index contributed by atoms with van der Waals surface area (Å²) in [4.78, 5) is 0. The fourth-order valence-corrected chi connectivity index (χ4v) is 5.19. The van der Waals surface area contributed by atoms with E-state index in [2.05, 4.69) is 6.08 Å². The molecule has 2 aliphatic rings. The van der Waals surface area contributed by atoms with Gasteiger partial charge in [0.05, 0.1) is 11.6 Å². The van der Waals surface area contributed by atoms with E-state index in [1.807, 2.05) is 18.2 Å². The number of rotatable bonds is 6. The smallest absolute Gasteiger partial charge is 0.193 e. The van der Waals surface area contributed by atoms with E-state index in [9.17, 15) is 13.2 Å². The first-order chi connectivity index (χ1) is 14.5. The first-order valence-corrected chi connectivity index (χ1v) is 11.4. The number of benzene rings is 1. The van der Waals surface area contributed by atoms with Crippen LogP contribution in [0.5, 0.6) is 0 Å². The third-order valence-electron chi connectivity index (χ3n) is 7.10. The minimum absolute atomic E-state index is 0.417. The van der Waals surface area contributed by atoms with Crippen molar-refractivity contribution in [2.75, 3.05) is 0 Å². The Hall–Kier alpha value is -2.02. The van der Waals surface area contributed by atoms with Gasteiger partial charge < -0.3 is 0 Å². The van der Waals surface area contributed by atoms with E-state index >= 15 is 0 Å². The van der Waals surface area contributed by atoms with Gasteiger partial charge >= 0.3 is 6.18 Å². The van der Waals surface area contributed by atoms with Crippen LogP contribution in [-0.2, 0) is 6.18 Å². The summed E-state index contributed by atoms with van der Waals surface area (Å²) in [5.41, 5.74) is 0.515. The summed E-state index contributed by atoms with van der Waals surface area (Å²) in [6.07, 6.45) is 15.7. The maximum Gasteiger partial charge on any atom is 0.416 e. The van der Waals surface area contributed by atoms with E-state index in [4.69, 9.17) is 5.26 Å². The second-order valence-corrected chi connectivity index (χ2v) is 9.07. The van der Waals surface area contributed by atoms with Crippen molar-refractivity contribution in [3.63, 3.8) is 0 Å². The summed E-state index contributed by atoms with van der Waals surface area (Å²) in [7, 11) is 0. The monoisotopic (exact) mass is 415 g/mol. The van der Waals surface area contributed by atoms with Crippen molar-refractivity contribution in [3.05, 3.63) is 59.7 Å². The molecule has 1 nitrogen and oxygen atoms in total. The maximum absolute atomic E-state index is 12.7. The zero-order valence-corrected chi connectivity index (χ0v) is 17.6. The normalized spacial score (nSPS) is 28.1. The highest BCUT2D eigenvalue weighted by atomic mass is 19.4. The zero-order valence-electron chi connectivity index (χ0n) is 17.6. The van der Waals surface area contributed by atoms with Crippen LogP contribution in [0.15, 0.2) is 48.6 Å². The lowest BCUT2D eigenvalue weighted by atomic mass is 9.74. The lowest BCUT2D eigenvalue weighted by Crippen LogP contribution is -2.17. The highest BCUT2D eigenvalue weighted by Gasteiger charge is 2.31. The van der Waals surface area contributed by atoms with Crippen molar-refractivity contribution in [2.45, 2.75) is 76.3 Å². The molecule has 0 saturated heterocycles. The van der Waals surface area contributed by atoms with Crippen molar-refractivity contribution >= 4 is 0 Å². The molecule has 0 bridgehead atoms. The molecule has 162 valence electrons. The fourth-order valence-electron chi connectivity index (χ4n) is 5.19. The summed E-state index contributed by atoms with van der Waals surface area (Å²) in [6.45, 7) is 0. The van der Waals surface area contributed by atoms with Crippen molar-refractivity contribution in [3.8, 4) is 6.07 Å². The molecule has 30 heavy (non-hydrogen) atoms. The van der Waals surface area contributed by atoms with E-state index in [-0.39, 0.29) is 0 Å². The lowest BCUT2D eigenvalue weighted by molar-refractivity contribution is -0.137. The highest BCUT2D eigenvalue weighted by Crippen LogP contribution is 2.40. The van der Waals surface area contributed by atoms with Crippen molar-refractivity contribution in [1.29, 1.82) is 5.26 Å². The van der Waals surface area contributed by atoms with Gasteiger partial charge in [-0.15, -0.1) is 0 Å². The van der Waals surface area contributed by atoms with Gasteiger partial charge in [0.1, 0.15) is 0 Å². The molecule has 1 aromatic carbocycles. The molecule has 2 aliphatic carbocycles. The van der Waals surface area contributed by atoms with Gasteiger partial charge in [-0.25, -0.2) is 0 Å². The number of nitriles is 1. The fraction of sp³-hybridized carbons (Fsp3) is 0.577. The first kappa shape index (κ1) is 22.7. The largest absolute Gasteiger partial charge is 0.416 e. The Morgan fingerprint density at radius 2 is 1.40 bits per heavy atom. The van der Waals surface area contributed by atoms with E-state index in [1.54, 1.807) is 12.1 Å². The third kappa shape index (κ3) is 6.76. The quantitative estimate of drug-likeness (QED) is 0.339. The van der Waals surface area contributed by atoms with Crippen LogP contribution in [0.2, 0.25) is 0 Å². The molecule has 0 N–H and O–H groups in total. The van der Waals surface area contributed by atoms with Crippen molar-refractivity contribution in [2.24, 2.45) is 17.8 Å². The summed E-state index contributed by atoms with van der Waals surface area (Å²) >= 11 is 0. The molecule has 2 fully saturated rings. The topological polar surface area (TPSA) is 23.8 Å². The number of hydrogen-bond acceptors (Lipinski definition) is 1. The molecule has 0 unspecified atom stereocenters. The molecule has 0 aliphatic heterocycles. The van der Waals surface area contributed by atoms with Gasteiger partial charge in [0.2, 0.25) is 0 Å². The van der Waals surface area contributed by atoms with E-state index in [0.717, 1.165) is 30.2 Å². The molecular formula is C26H32F3N. The predicted molar refractivity (Wildman–Crippen MR) is 115 cm³/mol. The zero-order chi connectivity index (χ0) is 21.4. The first-order valence-electron chi connectivity index (χ1n) is 11.4. The van der Waals surface area contributed by atoms with Crippen LogP contribution < -0.4 is 0 Å². The predicted octanol–water partition coefficient (Wildman–Crippen LogP) is 8.20. The lowest BCUT2D eigenvalue weighted by Gasteiger charge is -2.31. The standard InChI is InChI=1S/C26H32F3N/c27-26(28,29)25-17-15-24(16-18-25)23-13-11-22(12-14-23)10-9-21-7-5-20(6-8-21)4-2-1-3-19-30/h1-4,15-18,20-23H,5-14H2. The summed E-state index contributed by atoms with van der Waals surface area (Å²) in [6, 6.07) is 7.82. The van der Waals surface area contributed by atoms with Gasteiger partial charge in [0, 0.05) is 6.08 Å². The van der Waals surface area contributed by atoms with Gasteiger partial charge in [-0.05, 0) is 92.7 Å². The van der Waals surface area contributed by atoms with Gasteiger partial charge in [-0.1, -0.05) is 43.2 Å². The molecule has 0 amide bonds. The van der Waals surface area contributed by atoms with Crippen LogP contribution in [0.1, 0.15) is 81.3 Å². The Balaban J connectivity index is 1.35. The summed E-state index contributed by atoms with van der Waals surface area (Å²) in [5, 5.41) is 8.51. The average Bonchev–Trinajstić information content (AvgIpc) is 2.76. The molecule has 1 aromatic rings. The molecule has 0 radical (unpaired) electrons. The van der Waals surface area contributed by atoms with Gasteiger partial charge in [-0.2, -0.15) is 18.4 Å². The summed E-state index contributed by atoms with van der Waals surface area (Å²) < 4.78 is 38.2. The Bertz CT molecular complexity index is 738. The average molecular weight is 416 g/mol. The molecule has 0 spiro atoms. The minimum atomic E-state index is -4.25. The molecule has 2 saturated carbocycles. The number of halogens is 3. The van der Waals surface area contributed by atoms with Crippen LogP contribution in [0, 0.1) is 29.1 Å². The maximum atomic E-state index is 12.7. The number of allylic oxidation sites excluding steroid dienone is 4. The van der Waals surface area contributed by atoms with Crippen LogP contribution in [0.3, 0.4) is 0 Å². The molecular weight excluding hydrogens is 383 g/mol. The molecule has 0 aromatic heterocycles. The highest BCUT2D eigenvalue weighted by molar-refractivity contribution is 5.27. The number of hydrogen-bond donors (Lipinski definition) is 0. The van der Waals surface area contributed by atoms with Crippen LogP contribution >= 0.6 is 0 Å². The Kier molecular flexibility index (Phi) is 8.19. The SMILES string of the molecule is N#CC=CC=CC1CCC(CCC2CCC(c3ccc(C(F)(F)F)cc3)CC2)CC1. The molecule has 0 heterocycles. The van der Waals surface area contributed by atoms with Crippen LogP contribution in [-0.4, -0.2) is 0 Å².